The largest absolute Gasteiger partial charge is 0.266 e. The Hall–Kier alpha value is -1.66. The minimum Gasteiger partial charge on any atom is -0.266 e. The van der Waals surface area contributed by atoms with E-state index in [9.17, 15) is 8.42 Å². The lowest BCUT2D eigenvalue weighted by molar-refractivity contribution is 0.577. The maximum atomic E-state index is 11.7. The van der Waals surface area contributed by atoms with Gasteiger partial charge < -0.3 is 0 Å². The van der Waals surface area contributed by atoms with Crippen LogP contribution >= 0.6 is 0 Å². The topological polar surface area (TPSA) is 74.8 Å². The third-order valence-electron chi connectivity index (χ3n) is 2.31. The van der Waals surface area contributed by atoms with E-state index in [2.05, 4.69) is 14.9 Å². The summed E-state index contributed by atoms with van der Waals surface area (Å²) in [5.74, 6) is 0. The molecule has 0 fully saturated rings. The molecule has 2 aromatic rings. The number of nitrogens with one attached hydrogen (secondary N) is 2. The van der Waals surface area contributed by atoms with Gasteiger partial charge in [-0.2, -0.15) is 5.10 Å². The Balaban J connectivity index is 1.91. The van der Waals surface area contributed by atoms with Gasteiger partial charge in [0.25, 0.3) is 10.0 Å². The van der Waals surface area contributed by atoms with Crippen LogP contribution in [0.2, 0.25) is 0 Å². The van der Waals surface area contributed by atoms with Crippen molar-refractivity contribution in [3.63, 3.8) is 0 Å². The molecule has 0 saturated carbocycles. The summed E-state index contributed by atoms with van der Waals surface area (Å²) in [6.45, 7) is 0.366. The summed E-state index contributed by atoms with van der Waals surface area (Å²) in [6, 6.07) is 11.1. The van der Waals surface area contributed by atoms with Gasteiger partial charge in [-0.15, -0.1) is 0 Å². The van der Waals surface area contributed by atoms with Crippen molar-refractivity contribution >= 4 is 10.0 Å². The molecule has 0 unspecified atom stereocenters. The number of H-pyrrole nitrogens is 1. The minimum absolute atomic E-state index is 0.0885. The standard InChI is InChI=1S/C11H13N3O2S/c15-17(16,11-7-8-12-14-11)13-9-6-10-4-2-1-3-5-10/h1-5,7-8,13H,6,9H2,(H,12,14). The zero-order valence-corrected chi connectivity index (χ0v) is 9.94. The van der Waals surface area contributed by atoms with Crippen molar-refractivity contribution in [3.8, 4) is 0 Å². The lowest BCUT2D eigenvalue weighted by Crippen LogP contribution is -2.26. The van der Waals surface area contributed by atoms with Crippen LogP contribution in [0, 0.1) is 0 Å². The summed E-state index contributed by atoms with van der Waals surface area (Å²) < 4.78 is 25.9. The summed E-state index contributed by atoms with van der Waals surface area (Å²) in [6.07, 6.45) is 2.07. The van der Waals surface area contributed by atoms with E-state index in [1.165, 1.54) is 12.3 Å². The summed E-state index contributed by atoms with van der Waals surface area (Å²) in [4.78, 5) is 0. The number of hydrogen-bond donors (Lipinski definition) is 2. The highest BCUT2D eigenvalue weighted by Crippen LogP contribution is 2.03. The third-order valence-corrected chi connectivity index (χ3v) is 3.70. The second-order valence-corrected chi connectivity index (χ2v) is 5.29. The van der Waals surface area contributed by atoms with Crippen LogP contribution in [0.1, 0.15) is 5.56 Å². The summed E-state index contributed by atoms with van der Waals surface area (Å²) in [5, 5.41) is 6.12. The van der Waals surface area contributed by atoms with E-state index in [1.807, 2.05) is 30.3 Å². The molecule has 1 heterocycles. The lowest BCUT2D eigenvalue weighted by Gasteiger charge is -2.04. The summed E-state index contributed by atoms with van der Waals surface area (Å²) >= 11 is 0. The molecule has 0 bridgehead atoms. The Bertz CT molecular complexity index is 550. The first-order valence-electron chi connectivity index (χ1n) is 5.21. The molecule has 90 valence electrons. The Morgan fingerprint density at radius 2 is 1.94 bits per heavy atom. The van der Waals surface area contributed by atoms with E-state index in [0.717, 1.165) is 5.56 Å². The van der Waals surface area contributed by atoms with Crippen molar-refractivity contribution in [1.82, 2.24) is 14.9 Å². The average molecular weight is 251 g/mol. The van der Waals surface area contributed by atoms with Crippen molar-refractivity contribution < 1.29 is 8.42 Å². The molecule has 0 radical (unpaired) electrons. The molecular weight excluding hydrogens is 238 g/mol. The smallest absolute Gasteiger partial charge is 0.257 e. The fraction of sp³-hybridized carbons (Fsp3) is 0.182. The number of benzene rings is 1. The zero-order chi connectivity index (χ0) is 12.1. The van der Waals surface area contributed by atoms with Gasteiger partial charge in [-0.25, -0.2) is 13.1 Å². The molecular formula is C11H13N3O2S. The number of sulfonamides is 1. The highest BCUT2D eigenvalue weighted by Gasteiger charge is 2.13. The second kappa shape index (κ2) is 5.11. The number of aromatic nitrogens is 2. The minimum atomic E-state index is -3.46. The van der Waals surface area contributed by atoms with Crippen molar-refractivity contribution in [3.05, 3.63) is 48.2 Å². The Kier molecular flexibility index (Phi) is 3.55. The third kappa shape index (κ3) is 3.15. The van der Waals surface area contributed by atoms with Gasteiger partial charge in [0.2, 0.25) is 0 Å². The highest BCUT2D eigenvalue weighted by atomic mass is 32.2. The SMILES string of the molecule is O=S(=O)(NCCc1ccccc1)c1ccn[nH]1. The molecule has 2 rings (SSSR count). The van der Waals surface area contributed by atoms with Gasteiger partial charge in [0.1, 0.15) is 0 Å². The van der Waals surface area contributed by atoms with Crippen LogP contribution in [0.3, 0.4) is 0 Å². The zero-order valence-electron chi connectivity index (χ0n) is 9.13. The maximum absolute atomic E-state index is 11.7. The first-order valence-corrected chi connectivity index (χ1v) is 6.70. The van der Waals surface area contributed by atoms with Crippen LogP contribution in [0.25, 0.3) is 0 Å². The monoisotopic (exact) mass is 251 g/mol. The normalized spacial score (nSPS) is 11.5. The molecule has 0 spiro atoms. The summed E-state index contributed by atoms with van der Waals surface area (Å²) in [7, 11) is -3.46. The molecule has 0 atom stereocenters. The van der Waals surface area contributed by atoms with Gasteiger partial charge in [-0.3, -0.25) is 5.10 Å². The number of rotatable bonds is 5. The molecule has 0 amide bonds. The van der Waals surface area contributed by atoms with E-state index in [0.29, 0.717) is 13.0 Å². The molecule has 0 aliphatic heterocycles. The number of nitrogens with zero attached hydrogens (tertiary/aromatic N) is 1. The molecule has 0 aliphatic rings. The molecule has 1 aromatic heterocycles. The van der Waals surface area contributed by atoms with E-state index < -0.39 is 10.0 Å². The van der Waals surface area contributed by atoms with Crippen LogP contribution in [0.5, 0.6) is 0 Å². The number of hydrogen-bond acceptors (Lipinski definition) is 3. The quantitative estimate of drug-likeness (QED) is 0.830. The molecule has 0 aliphatic carbocycles. The van der Waals surface area contributed by atoms with E-state index in [1.54, 1.807) is 0 Å². The Morgan fingerprint density at radius 1 is 1.18 bits per heavy atom. The van der Waals surface area contributed by atoms with Gasteiger partial charge in [0, 0.05) is 6.54 Å². The Labute approximate surface area is 99.9 Å². The van der Waals surface area contributed by atoms with Crippen molar-refractivity contribution in [2.75, 3.05) is 6.54 Å². The molecule has 2 N–H and O–H groups in total. The van der Waals surface area contributed by atoms with Crippen molar-refractivity contribution in [1.29, 1.82) is 0 Å². The molecule has 6 heteroatoms. The van der Waals surface area contributed by atoms with Crippen LogP contribution < -0.4 is 4.72 Å². The fourth-order valence-corrected chi connectivity index (χ4v) is 2.38. The predicted octanol–water partition coefficient (Wildman–Crippen LogP) is 0.931. The average Bonchev–Trinajstić information content (AvgIpc) is 2.84. The molecule has 1 aromatic carbocycles. The van der Waals surface area contributed by atoms with E-state index in [-0.39, 0.29) is 5.03 Å². The van der Waals surface area contributed by atoms with Crippen LogP contribution in [-0.4, -0.2) is 25.2 Å². The fourth-order valence-electron chi connectivity index (χ4n) is 1.44. The van der Waals surface area contributed by atoms with Crippen LogP contribution in [0.4, 0.5) is 0 Å². The van der Waals surface area contributed by atoms with Gasteiger partial charge in [-0.1, -0.05) is 30.3 Å². The lowest BCUT2D eigenvalue weighted by atomic mass is 10.2. The van der Waals surface area contributed by atoms with E-state index in [4.69, 9.17) is 0 Å². The Morgan fingerprint density at radius 3 is 2.59 bits per heavy atom. The van der Waals surface area contributed by atoms with Crippen LogP contribution in [0.15, 0.2) is 47.6 Å². The summed E-state index contributed by atoms with van der Waals surface area (Å²) in [5.41, 5.74) is 1.10. The highest BCUT2D eigenvalue weighted by molar-refractivity contribution is 7.89. The second-order valence-electron chi connectivity index (χ2n) is 3.55. The van der Waals surface area contributed by atoms with Gasteiger partial charge >= 0.3 is 0 Å². The first-order chi connectivity index (χ1) is 8.18. The van der Waals surface area contributed by atoms with Crippen molar-refractivity contribution in [2.45, 2.75) is 11.4 Å². The van der Waals surface area contributed by atoms with Crippen LogP contribution in [-0.2, 0) is 16.4 Å². The first kappa shape index (κ1) is 11.8. The van der Waals surface area contributed by atoms with Gasteiger partial charge in [-0.05, 0) is 18.1 Å². The number of aromatic amines is 1. The van der Waals surface area contributed by atoms with E-state index >= 15 is 0 Å². The van der Waals surface area contributed by atoms with Gasteiger partial charge in [0.15, 0.2) is 5.03 Å². The predicted molar refractivity (Wildman–Crippen MR) is 63.9 cm³/mol. The van der Waals surface area contributed by atoms with Crippen molar-refractivity contribution in [2.24, 2.45) is 0 Å². The van der Waals surface area contributed by atoms with Gasteiger partial charge in [0.05, 0.1) is 6.20 Å². The molecule has 17 heavy (non-hydrogen) atoms. The molecule has 0 saturated heterocycles. The maximum Gasteiger partial charge on any atom is 0.257 e. The molecule has 5 nitrogen and oxygen atoms in total.